The van der Waals surface area contributed by atoms with Gasteiger partial charge in [0, 0.05) is 7.11 Å². The van der Waals surface area contributed by atoms with E-state index in [-0.39, 0.29) is 11.7 Å². The lowest BCUT2D eigenvalue weighted by atomic mass is 10.1. The van der Waals surface area contributed by atoms with Crippen molar-refractivity contribution in [3.8, 4) is 0 Å². The number of rotatable bonds is 6. The minimum atomic E-state index is -1.44. The van der Waals surface area contributed by atoms with Gasteiger partial charge in [-0.05, 0) is 18.6 Å². The van der Waals surface area contributed by atoms with Crippen LogP contribution in [0.2, 0.25) is 0 Å². The van der Waals surface area contributed by atoms with Crippen LogP contribution in [0.3, 0.4) is 0 Å². The van der Waals surface area contributed by atoms with Crippen LogP contribution in [0.5, 0.6) is 0 Å². The Morgan fingerprint density at radius 1 is 1.45 bits per heavy atom. The molecule has 0 fully saturated rings. The van der Waals surface area contributed by atoms with Crippen LogP contribution < -0.4 is 10.6 Å². The monoisotopic (exact) mass is 284 g/mol. The van der Waals surface area contributed by atoms with E-state index in [0.29, 0.717) is 13.0 Å². The Kier molecular flexibility index (Phi) is 5.92. The summed E-state index contributed by atoms with van der Waals surface area (Å²) in [7, 11) is 1.51. The van der Waals surface area contributed by atoms with E-state index < -0.39 is 23.4 Å². The van der Waals surface area contributed by atoms with Crippen molar-refractivity contribution in [2.24, 2.45) is 0 Å². The summed E-state index contributed by atoms with van der Waals surface area (Å²) >= 11 is 0. The van der Waals surface area contributed by atoms with Gasteiger partial charge in [0.25, 0.3) is 0 Å². The lowest BCUT2D eigenvalue weighted by Crippen LogP contribution is -2.40. The average Bonchev–Trinajstić information content (AvgIpc) is 2.37. The predicted octanol–water partition coefficient (Wildman–Crippen LogP) is 2.07. The molecule has 0 spiro atoms. The summed E-state index contributed by atoms with van der Waals surface area (Å²) in [5, 5.41) is 13.9. The maximum absolute atomic E-state index is 13.4. The van der Waals surface area contributed by atoms with Gasteiger partial charge in [-0.2, -0.15) is 0 Å². The highest BCUT2D eigenvalue weighted by atomic mass is 19.1. The number of ether oxygens (including phenoxy) is 1. The van der Waals surface area contributed by atoms with Gasteiger partial charge >= 0.3 is 12.0 Å². The number of carboxylic acids is 1. The van der Waals surface area contributed by atoms with Crippen molar-refractivity contribution in [1.82, 2.24) is 5.32 Å². The summed E-state index contributed by atoms with van der Waals surface area (Å²) < 4.78 is 18.4. The molecule has 0 aliphatic carbocycles. The van der Waals surface area contributed by atoms with Crippen molar-refractivity contribution in [3.63, 3.8) is 0 Å². The van der Waals surface area contributed by atoms with Crippen LogP contribution in [-0.2, 0) is 4.74 Å². The largest absolute Gasteiger partial charge is 0.478 e. The molecule has 0 aliphatic rings. The fourth-order valence-electron chi connectivity index (χ4n) is 1.65. The molecule has 0 saturated carbocycles. The van der Waals surface area contributed by atoms with E-state index in [0.717, 1.165) is 6.07 Å². The van der Waals surface area contributed by atoms with Crippen LogP contribution >= 0.6 is 0 Å². The molecule has 0 radical (unpaired) electrons. The summed E-state index contributed by atoms with van der Waals surface area (Å²) in [5.41, 5.74) is -0.662. The van der Waals surface area contributed by atoms with E-state index in [1.807, 2.05) is 6.92 Å². The van der Waals surface area contributed by atoms with Crippen LogP contribution in [0.25, 0.3) is 0 Å². The second-order valence-electron chi connectivity index (χ2n) is 4.13. The molecule has 1 aromatic rings. The van der Waals surface area contributed by atoms with Gasteiger partial charge in [-0.25, -0.2) is 14.0 Å². The predicted molar refractivity (Wildman–Crippen MR) is 71.5 cm³/mol. The highest BCUT2D eigenvalue weighted by Crippen LogP contribution is 2.18. The van der Waals surface area contributed by atoms with E-state index in [1.165, 1.54) is 19.2 Å². The quantitative estimate of drug-likeness (QED) is 0.746. The molecule has 2 amide bonds. The smallest absolute Gasteiger partial charge is 0.340 e. The second kappa shape index (κ2) is 7.44. The van der Waals surface area contributed by atoms with Gasteiger partial charge in [0.15, 0.2) is 0 Å². The first-order valence-corrected chi connectivity index (χ1v) is 6.07. The Labute approximate surface area is 115 Å². The van der Waals surface area contributed by atoms with Crippen molar-refractivity contribution >= 4 is 17.7 Å². The molecule has 0 heterocycles. The van der Waals surface area contributed by atoms with Crippen LogP contribution in [-0.4, -0.2) is 36.9 Å². The number of carbonyl (C=O) groups excluding carboxylic acids is 1. The molecule has 1 rings (SSSR count). The standard InChI is InChI=1S/C13H17FN2O4/c1-3-8(7-20-2)15-13(19)16-10-6-4-5-9(14)11(10)12(17)18/h4-6,8H,3,7H2,1-2H3,(H,17,18)(H2,15,16,19). The molecule has 3 N–H and O–H groups in total. The Hall–Kier alpha value is -2.15. The third kappa shape index (κ3) is 4.20. The van der Waals surface area contributed by atoms with Crippen LogP contribution in [0, 0.1) is 5.82 Å². The molecule has 0 saturated heterocycles. The van der Waals surface area contributed by atoms with Crippen molar-refractivity contribution < 1.29 is 23.8 Å². The molecule has 0 aromatic heterocycles. The second-order valence-corrected chi connectivity index (χ2v) is 4.13. The zero-order valence-corrected chi connectivity index (χ0v) is 11.3. The molecular weight excluding hydrogens is 267 g/mol. The molecule has 7 heteroatoms. The zero-order chi connectivity index (χ0) is 15.1. The van der Waals surface area contributed by atoms with Gasteiger partial charge in [0.1, 0.15) is 11.4 Å². The molecular formula is C13H17FN2O4. The number of carboxylic acid groups (broad SMARTS) is 1. The van der Waals surface area contributed by atoms with Gasteiger partial charge < -0.3 is 20.5 Å². The maximum atomic E-state index is 13.4. The number of amides is 2. The SMILES string of the molecule is CCC(COC)NC(=O)Nc1cccc(F)c1C(=O)O. The Morgan fingerprint density at radius 2 is 2.15 bits per heavy atom. The molecule has 1 unspecified atom stereocenters. The zero-order valence-electron chi connectivity index (χ0n) is 11.3. The first-order valence-electron chi connectivity index (χ1n) is 6.07. The number of benzene rings is 1. The maximum Gasteiger partial charge on any atom is 0.340 e. The lowest BCUT2D eigenvalue weighted by Gasteiger charge is -2.17. The highest BCUT2D eigenvalue weighted by molar-refractivity contribution is 6.00. The summed E-state index contributed by atoms with van der Waals surface area (Å²) in [6.45, 7) is 2.20. The topological polar surface area (TPSA) is 87.7 Å². The van der Waals surface area contributed by atoms with Crippen molar-refractivity contribution in [2.75, 3.05) is 19.0 Å². The molecule has 0 aliphatic heterocycles. The number of halogens is 1. The first kappa shape index (κ1) is 15.9. The summed E-state index contributed by atoms with van der Waals surface area (Å²) in [6.07, 6.45) is 0.649. The third-order valence-corrected chi connectivity index (χ3v) is 2.67. The fraction of sp³-hybridized carbons (Fsp3) is 0.385. The Morgan fingerprint density at radius 3 is 2.70 bits per heavy atom. The van der Waals surface area contributed by atoms with Crippen molar-refractivity contribution in [3.05, 3.63) is 29.6 Å². The summed E-state index contributed by atoms with van der Waals surface area (Å²) in [5.74, 6) is -2.35. The molecule has 110 valence electrons. The normalized spacial score (nSPS) is 11.8. The summed E-state index contributed by atoms with van der Waals surface area (Å²) in [6, 6.07) is 2.85. The van der Waals surface area contributed by atoms with Gasteiger partial charge in [-0.3, -0.25) is 0 Å². The van der Waals surface area contributed by atoms with Gasteiger partial charge in [-0.1, -0.05) is 13.0 Å². The number of urea groups is 1. The summed E-state index contributed by atoms with van der Waals surface area (Å²) in [4.78, 5) is 22.7. The number of carbonyl (C=O) groups is 2. The molecule has 6 nitrogen and oxygen atoms in total. The van der Waals surface area contributed by atoms with Gasteiger partial charge in [0.2, 0.25) is 0 Å². The van der Waals surface area contributed by atoms with Crippen LogP contribution in [0.1, 0.15) is 23.7 Å². The van der Waals surface area contributed by atoms with E-state index in [1.54, 1.807) is 0 Å². The van der Waals surface area contributed by atoms with Crippen LogP contribution in [0.4, 0.5) is 14.9 Å². The third-order valence-electron chi connectivity index (χ3n) is 2.67. The minimum absolute atomic E-state index is 0.0951. The fourth-order valence-corrected chi connectivity index (χ4v) is 1.65. The van der Waals surface area contributed by atoms with E-state index in [4.69, 9.17) is 9.84 Å². The number of hydrogen-bond acceptors (Lipinski definition) is 3. The number of methoxy groups -OCH3 is 1. The number of aromatic carboxylic acids is 1. The van der Waals surface area contributed by atoms with Crippen molar-refractivity contribution in [1.29, 1.82) is 0 Å². The molecule has 20 heavy (non-hydrogen) atoms. The van der Waals surface area contributed by atoms with E-state index in [9.17, 15) is 14.0 Å². The van der Waals surface area contributed by atoms with Crippen molar-refractivity contribution in [2.45, 2.75) is 19.4 Å². The lowest BCUT2D eigenvalue weighted by molar-refractivity contribution is 0.0693. The Bertz CT molecular complexity index is 493. The van der Waals surface area contributed by atoms with Gasteiger partial charge in [-0.15, -0.1) is 0 Å². The van der Waals surface area contributed by atoms with Gasteiger partial charge in [0.05, 0.1) is 18.3 Å². The molecule has 1 atom stereocenters. The molecule has 1 aromatic carbocycles. The first-order chi connectivity index (χ1) is 9.49. The number of anilines is 1. The minimum Gasteiger partial charge on any atom is -0.478 e. The van der Waals surface area contributed by atoms with E-state index >= 15 is 0 Å². The molecule has 0 bridgehead atoms. The highest BCUT2D eigenvalue weighted by Gasteiger charge is 2.18. The van der Waals surface area contributed by atoms with Crippen LogP contribution in [0.15, 0.2) is 18.2 Å². The number of nitrogens with one attached hydrogen (secondary N) is 2. The number of hydrogen-bond donors (Lipinski definition) is 3. The Balaban J connectivity index is 2.80. The van der Waals surface area contributed by atoms with E-state index in [2.05, 4.69) is 10.6 Å². The average molecular weight is 284 g/mol.